The summed E-state index contributed by atoms with van der Waals surface area (Å²) in [5.41, 5.74) is -1.45. The number of nitro groups is 1. The monoisotopic (exact) mass is 353 g/mol. The molecule has 0 N–H and O–H groups in total. The first-order valence-corrected chi connectivity index (χ1v) is 10.4. The van der Waals surface area contributed by atoms with Crippen LogP contribution in [0.2, 0.25) is 13.1 Å². The highest BCUT2D eigenvalue weighted by Gasteiger charge is 2.38. The number of aldehydes is 1. The third kappa shape index (κ3) is 5.40. The van der Waals surface area contributed by atoms with Crippen LogP contribution >= 0.6 is 0 Å². The number of carbonyl (C=O) groups is 1. The molecule has 0 fully saturated rings. The van der Waals surface area contributed by atoms with E-state index in [1.807, 2.05) is 13.1 Å². The molecule has 0 aliphatic rings. The zero-order valence-electron chi connectivity index (χ0n) is 14.7. The Hall–Kier alpha value is -1.77. The van der Waals surface area contributed by atoms with Crippen LogP contribution in [-0.4, -0.2) is 56.6 Å². The van der Waals surface area contributed by atoms with E-state index in [0.717, 1.165) is 13.1 Å². The van der Waals surface area contributed by atoms with E-state index in [9.17, 15) is 14.9 Å². The maximum atomic E-state index is 11.7. The summed E-state index contributed by atoms with van der Waals surface area (Å²) >= 11 is 0. The van der Waals surface area contributed by atoms with Gasteiger partial charge in [-0.25, -0.2) is 0 Å². The first-order valence-electron chi connectivity index (χ1n) is 7.95. The van der Waals surface area contributed by atoms with E-state index in [1.54, 1.807) is 6.07 Å². The van der Waals surface area contributed by atoms with Gasteiger partial charge < -0.3 is 14.4 Å². The highest BCUT2D eigenvalue weighted by molar-refractivity contribution is 6.62. The quantitative estimate of drug-likeness (QED) is 0.200. The summed E-state index contributed by atoms with van der Waals surface area (Å²) in [6.45, 7) is 10.8. The van der Waals surface area contributed by atoms with Crippen LogP contribution in [0.25, 0.3) is 0 Å². The third-order valence-electron chi connectivity index (χ3n) is 3.77. The molecule has 1 aromatic rings. The number of likely N-dealkylation sites (N-methyl/N-ethyl adjacent to an activating group) is 1. The molecule has 1 atom stereocenters. The van der Waals surface area contributed by atoms with Crippen LogP contribution in [-0.2, 0) is 9.53 Å². The number of ether oxygens (including phenoxy) is 2. The molecule has 0 saturated carbocycles. The van der Waals surface area contributed by atoms with Gasteiger partial charge in [-0.05, 0) is 19.2 Å². The summed E-state index contributed by atoms with van der Waals surface area (Å²) in [5, 5.41) is 10.9. The van der Waals surface area contributed by atoms with E-state index in [-0.39, 0.29) is 11.4 Å². The van der Waals surface area contributed by atoms with Crippen LogP contribution in [0, 0.1) is 10.1 Å². The molecular weight excluding hydrogens is 328 g/mol. The van der Waals surface area contributed by atoms with Crippen molar-refractivity contribution < 1.29 is 19.2 Å². The lowest BCUT2D eigenvalue weighted by Crippen LogP contribution is -2.53. The molecule has 0 amide bonds. The molecule has 0 saturated heterocycles. The largest absolute Gasteiger partial charge is 0.459 e. The van der Waals surface area contributed by atoms with Gasteiger partial charge in [0.25, 0.3) is 5.69 Å². The Morgan fingerprint density at radius 1 is 1.33 bits per heavy atom. The van der Waals surface area contributed by atoms with Crippen LogP contribution in [0.15, 0.2) is 24.3 Å². The summed E-state index contributed by atoms with van der Waals surface area (Å²) in [6, 6.07) is 5.79. The minimum Gasteiger partial charge on any atom is -0.459 e. The lowest BCUT2D eigenvalue weighted by Gasteiger charge is -2.32. The van der Waals surface area contributed by atoms with E-state index in [2.05, 4.69) is 18.7 Å². The molecule has 1 radical (unpaired) electrons. The van der Waals surface area contributed by atoms with Gasteiger partial charge in [0.05, 0.1) is 17.6 Å². The predicted octanol–water partition coefficient (Wildman–Crippen LogP) is 2.52. The molecule has 0 spiro atoms. The molecule has 8 heteroatoms. The summed E-state index contributed by atoms with van der Waals surface area (Å²) in [5.74, 6) is 0.255. The fourth-order valence-electron chi connectivity index (χ4n) is 2.15. The second-order valence-electron chi connectivity index (χ2n) is 5.52. The molecule has 1 unspecified atom stereocenters. The minimum absolute atomic E-state index is 0.0866. The van der Waals surface area contributed by atoms with E-state index in [0.29, 0.717) is 19.4 Å². The van der Waals surface area contributed by atoms with Crippen molar-refractivity contribution in [2.75, 3.05) is 26.2 Å². The number of non-ortho nitro benzene ring substituents is 1. The second-order valence-corrected chi connectivity index (χ2v) is 8.21. The Kier molecular flexibility index (Phi) is 8.03. The zero-order chi connectivity index (χ0) is 18.2. The summed E-state index contributed by atoms with van der Waals surface area (Å²) in [6.07, 6.45) is 0.669. The molecule has 0 aliphatic heterocycles. The molecule has 0 heterocycles. The van der Waals surface area contributed by atoms with E-state index >= 15 is 0 Å². The van der Waals surface area contributed by atoms with Crippen molar-refractivity contribution >= 4 is 20.8 Å². The molecule has 0 aromatic heterocycles. The predicted molar refractivity (Wildman–Crippen MR) is 93.7 cm³/mol. The lowest BCUT2D eigenvalue weighted by atomic mass is 10.3. The fraction of sp³-hybridized carbons (Fsp3) is 0.562. The van der Waals surface area contributed by atoms with Crippen molar-refractivity contribution in [3.63, 3.8) is 0 Å². The van der Waals surface area contributed by atoms with Crippen molar-refractivity contribution in [2.45, 2.75) is 32.4 Å². The second kappa shape index (κ2) is 9.51. The normalized spacial score (nSPS) is 13.8. The highest BCUT2D eigenvalue weighted by Crippen LogP contribution is 2.25. The van der Waals surface area contributed by atoms with Gasteiger partial charge in [0, 0.05) is 12.6 Å². The standard InChI is InChI=1S/C16H25N2O5Si/c1-5-17(6-2)10-11-22-16(13-19,24(3)4)23-15-9-7-8-14(12-15)18(20)21/h7-9,12-13H,5-6,10-11H2,1-4H3. The third-order valence-corrected chi connectivity index (χ3v) is 5.53. The number of rotatable bonds is 11. The number of nitrogens with zero attached hydrogens (tertiary/aromatic N) is 2. The zero-order valence-corrected chi connectivity index (χ0v) is 15.7. The molecular formula is C16H25N2O5Si. The number of nitro benzene ring substituents is 1. The van der Waals surface area contributed by atoms with Crippen LogP contribution < -0.4 is 4.74 Å². The number of hydrogen-bond acceptors (Lipinski definition) is 6. The molecule has 1 rings (SSSR count). The van der Waals surface area contributed by atoms with Gasteiger partial charge in [-0.1, -0.05) is 33.0 Å². The van der Waals surface area contributed by atoms with Crippen LogP contribution in [0.1, 0.15) is 13.8 Å². The van der Waals surface area contributed by atoms with Gasteiger partial charge in [0.2, 0.25) is 5.41 Å². The average molecular weight is 353 g/mol. The molecule has 24 heavy (non-hydrogen) atoms. The smallest absolute Gasteiger partial charge is 0.273 e. The van der Waals surface area contributed by atoms with Crippen LogP contribution in [0.4, 0.5) is 5.69 Å². The SMILES string of the molecule is CCN(CC)CCOC(C=O)(Oc1cccc([N+](=O)[O-])c1)[Si](C)C. The van der Waals surface area contributed by atoms with Crippen molar-refractivity contribution in [1.29, 1.82) is 0 Å². The van der Waals surface area contributed by atoms with Gasteiger partial charge in [0.1, 0.15) is 14.5 Å². The van der Waals surface area contributed by atoms with Gasteiger partial charge in [0.15, 0.2) is 6.29 Å². The molecule has 0 bridgehead atoms. The molecule has 1 aromatic carbocycles. The lowest BCUT2D eigenvalue weighted by molar-refractivity contribution is -0.385. The van der Waals surface area contributed by atoms with Crippen molar-refractivity contribution in [3.05, 3.63) is 34.4 Å². The van der Waals surface area contributed by atoms with Crippen LogP contribution in [0.5, 0.6) is 5.75 Å². The maximum Gasteiger partial charge on any atom is 0.273 e. The fourth-order valence-corrected chi connectivity index (χ4v) is 3.10. The number of benzene rings is 1. The van der Waals surface area contributed by atoms with Crippen molar-refractivity contribution in [2.24, 2.45) is 0 Å². The Bertz CT molecular complexity index is 551. The van der Waals surface area contributed by atoms with Crippen molar-refractivity contribution in [3.8, 4) is 5.75 Å². The Morgan fingerprint density at radius 3 is 2.50 bits per heavy atom. The summed E-state index contributed by atoms with van der Waals surface area (Å²) in [4.78, 5) is 24.3. The summed E-state index contributed by atoms with van der Waals surface area (Å²) in [7, 11) is -1.33. The van der Waals surface area contributed by atoms with Gasteiger partial charge in [-0.2, -0.15) is 0 Å². The Labute approximate surface area is 144 Å². The first kappa shape index (κ1) is 20.3. The topological polar surface area (TPSA) is 81.9 Å². The minimum atomic E-state index is -1.37. The van der Waals surface area contributed by atoms with E-state index in [1.165, 1.54) is 18.2 Å². The molecule has 7 nitrogen and oxygen atoms in total. The van der Waals surface area contributed by atoms with Crippen LogP contribution in [0.3, 0.4) is 0 Å². The van der Waals surface area contributed by atoms with Gasteiger partial charge in [-0.3, -0.25) is 14.9 Å². The number of hydrogen-bond donors (Lipinski definition) is 0. The van der Waals surface area contributed by atoms with Crippen molar-refractivity contribution in [1.82, 2.24) is 4.90 Å². The highest BCUT2D eigenvalue weighted by atomic mass is 28.3. The van der Waals surface area contributed by atoms with Gasteiger partial charge in [-0.15, -0.1) is 0 Å². The number of carbonyl (C=O) groups excluding carboxylic acids is 1. The van der Waals surface area contributed by atoms with E-state index < -0.39 is 19.1 Å². The summed E-state index contributed by atoms with van der Waals surface area (Å²) < 4.78 is 11.6. The Morgan fingerprint density at radius 2 is 2.00 bits per heavy atom. The average Bonchev–Trinajstić information content (AvgIpc) is 2.57. The first-order chi connectivity index (χ1) is 11.4. The maximum absolute atomic E-state index is 11.7. The Balaban J connectivity index is 2.89. The van der Waals surface area contributed by atoms with Gasteiger partial charge >= 0.3 is 0 Å². The molecule has 133 valence electrons. The molecule has 0 aliphatic carbocycles. The van der Waals surface area contributed by atoms with E-state index in [4.69, 9.17) is 9.47 Å².